The van der Waals surface area contributed by atoms with E-state index < -0.39 is 11.3 Å². The molecule has 5 heteroatoms. The van der Waals surface area contributed by atoms with E-state index in [1.54, 1.807) is 55.6 Å². The average molecular weight is 269 g/mol. The lowest BCUT2D eigenvalue weighted by atomic mass is 10.2. The van der Waals surface area contributed by atoms with Crippen LogP contribution >= 0.6 is 0 Å². The van der Waals surface area contributed by atoms with Crippen LogP contribution < -0.4 is 16.1 Å². The van der Waals surface area contributed by atoms with Crippen LogP contribution in [0.5, 0.6) is 5.75 Å². The molecule has 0 spiro atoms. The van der Waals surface area contributed by atoms with Crippen molar-refractivity contribution >= 4 is 11.0 Å². The van der Waals surface area contributed by atoms with Crippen molar-refractivity contribution in [2.75, 3.05) is 7.11 Å². The third-order valence-electron chi connectivity index (χ3n) is 3.03. The number of nitrogens with zero attached hydrogens (tertiary/aromatic N) is 1. The second-order valence-electron chi connectivity index (χ2n) is 4.20. The van der Waals surface area contributed by atoms with E-state index in [0.717, 1.165) is 4.57 Å². The van der Waals surface area contributed by atoms with Gasteiger partial charge in [0.1, 0.15) is 11.3 Å². The third kappa shape index (κ3) is 1.89. The lowest BCUT2D eigenvalue weighted by molar-refractivity contribution is 0.414. The third-order valence-corrected chi connectivity index (χ3v) is 3.03. The van der Waals surface area contributed by atoms with Crippen molar-refractivity contribution in [1.29, 1.82) is 0 Å². The molecule has 20 heavy (non-hydrogen) atoms. The fourth-order valence-electron chi connectivity index (χ4n) is 2.03. The maximum absolute atomic E-state index is 12.4. The first-order valence-electron chi connectivity index (χ1n) is 6.00. The van der Waals surface area contributed by atoms with Gasteiger partial charge in [-0.2, -0.15) is 0 Å². The lowest BCUT2D eigenvalue weighted by Gasteiger charge is -2.06. The Morgan fingerprint density at radius 1 is 1.00 bits per heavy atom. The van der Waals surface area contributed by atoms with Crippen LogP contribution in [0.25, 0.3) is 16.7 Å². The van der Waals surface area contributed by atoms with Crippen molar-refractivity contribution in [3.8, 4) is 11.4 Å². The first-order chi connectivity index (χ1) is 9.70. The van der Waals surface area contributed by atoms with Gasteiger partial charge in [-0.05, 0) is 36.4 Å². The van der Waals surface area contributed by atoms with Crippen molar-refractivity contribution in [1.82, 2.24) is 4.57 Å². The maximum atomic E-state index is 12.4. The number of methoxy groups -OCH3 is 1. The Kier molecular flexibility index (Phi) is 2.87. The molecule has 0 fully saturated rings. The zero-order chi connectivity index (χ0) is 14.1. The van der Waals surface area contributed by atoms with E-state index in [-0.39, 0.29) is 5.58 Å². The molecule has 0 N–H and O–H groups in total. The molecule has 2 aromatic carbocycles. The standard InChI is InChI=1S/C15H11NO4/c1-19-11-8-6-10(7-9-11)16-14(17)12-4-2-3-5-13(12)20-15(16)18/h2-9H,1H3. The van der Waals surface area contributed by atoms with Crippen molar-refractivity contribution in [3.05, 3.63) is 69.4 Å². The normalized spacial score (nSPS) is 10.7. The molecular weight excluding hydrogens is 258 g/mol. The fraction of sp³-hybridized carbons (Fsp3) is 0.0667. The zero-order valence-corrected chi connectivity index (χ0v) is 10.7. The van der Waals surface area contributed by atoms with Gasteiger partial charge in [0, 0.05) is 0 Å². The highest BCUT2D eigenvalue weighted by atomic mass is 16.5. The summed E-state index contributed by atoms with van der Waals surface area (Å²) < 4.78 is 11.2. The highest BCUT2D eigenvalue weighted by Crippen LogP contribution is 2.14. The van der Waals surface area contributed by atoms with Gasteiger partial charge < -0.3 is 9.15 Å². The Morgan fingerprint density at radius 2 is 1.70 bits per heavy atom. The molecule has 0 aliphatic heterocycles. The van der Waals surface area contributed by atoms with Gasteiger partial charge in [0.25, 0.3) is 5.56 Å². The molecule has 0 atom stereocenters. The van der Waals surface area contributed by atoms with Crippen molar-refractivity contribution in [2.24, 2.45) is 0 Å². The van der Waals surface area contributed by atoms with E-state index >= 15 is 0 Å². The predicted octanol–water partition coefficient (Wildman–Crippen LogP) is 1.95. The van der Waals surface area contributed by atoms with Crippen LogP contribution in [0.2, 0.25) is 0 Å². The summed E-state index contributed by atoms with van der Waals surface area (Å²) in [4.78, 5) is 24.3. The SMILES string of the molecule is COc1ccc(-n2c(=O)oc3ccccc3c2=O)cc1. The summed E-state index contributed by atoms with van der Waals surface area (Å²) in [5.41, 5.74) is 0.324. The molecule has 1 aromatic heterocycles. The highest BCUT2D eigenvalue weighted by Gasteiger charge is 2.10. The molecule has 0 radical (unpaired) electrons. The van der Waals surface area contributed by atoms with Gasteiger partial charge in [-0.15, -0.1) is 0 Å². The van der Waals surface area contributed by atoms with Crippen LogP contribution in [0.15, 0.2) is 62.5 Å². The molecule has 0 aliphatic rings. The second-order valence-corrected chi connectivity index (χ2v) is 4.20. The summed E-state index contributed by atoms with van der Waals surface area (Å²) in [7, 11) is 1.55. The molecule has 0 aliphatic carbocycles. The van der Waals surface area contributed by atoms with Gasteiger partial charge in [-0.25, -0.2) is 9.36 Å². The van der Waals surface area contributed by atoms with Crippen molar-refractivity contribution < 1.29 is 9.15 Å². The van der Waals surface area contributed by atoms with Gasteiger partial charge in [0.05, 0.1) is 18.2 Å². The molecule has 1 heterocycles. The smallest absolute Gasteiger partial charge is 0.426 e. The number of ether oxygens (including phenoxy) is 1. The van der Waals surface area contributed by atoms with Crippen LogP contribution in [-0.2, 0) is 0 Å². The van der Waals surface area contributed by atoms with E-state index in [1.807, 2.05) is 0 Å². The zero-order valence-electron chi connectivity index (χ0n) is 10.7. The first-order valence-corrected chi connectivity index (χ1v) is 6.00. The number of aromatic nitrogens is 1. The van der Waals surface area contributed by atoms with E-state index in [4.69, 9.17) is 9.15 Å². The van der Waals surface area contributed by atoms with Crippen LogP contribution in [0.3, 0.4) is 0 Å². The molecule has 3 aromatic rings. The minimum absolute atomic E-state index is 0.285. The summed E-state index contributed by atoms with van der Waals surface area (Å²) in [5.74, 6) is -0.0640. The van der Waals surface area contributed by atoms with E-state index in [1.165, 1.54) is 0 Å². The highest BCUT2D eigenvalue weighted by molar-refractivity contribution is 5.75. The molecular formula is C15H11NO4. The predicted molar refractivity (Wildman–Crippen MR) is 74.6 cm³/mol. The molecule has 0 saturated carbocycles. The average Bonchev–Trinajstić information content (AvgIpc) is 2.48. The molecule has 0 amide bonds. The van der Waals surface area contributed by atoms with Gasteiger partial charge in [-0.3, -0.25) is 4.79 Å². The largest absolute Gasteiger partial charge is 0.497 e. The summed E-state index contributed by atoms with van der Waals surface area (Å²) in [5, 5.41) is 0.364. The van der Waals surface area contributed by atoms with Gasteiger partial charge in [0.15, 0.2) is 0 Å². The van der Waals surface area contributed by atoms with E-state index in [2.05, 4.69) is 0 Å². The summed E-state index contributed by atoms with van der Waals surface area (Å²) in [6.45, 7) is 0. The van der Waals surface area contributed by atoms with Crippen LogP contribution in [0.1, 0.15) is 0 Å². The number of fused-ring (bicyclic) bond motifs is 1. The Morgan fingerprint density at radius 3 is 2.40 bits per heavy atom. The molecule has 3 rings (SSSR count). The van der Waals surface area contributed by atoms with Gasteiger partial charge >= 0.3 is 5.76 Å². The van der Waals surface area contributed by atoms with Crippen molar-refractivity contribution in [3.63, 3.8) is 0 Å². The summed E-state index contributed by atoms with van der Waals surface area (Å²) in [6, 6.07) is 13.3. The number of hydrogen-bond donors (Lipinski definition) is 0. The Bertz CT molecular complexity index is 875. The minimum Gasteiger partial charge on any atom is -0.497 e. The lowest BCUT2D eigenvalue weighted by Crippen LogP contribution is -2.30. The van der Waals surface area contributed by atoms with Crippen LogP contribution in [0, 0.1) is 0 Å². The van der Waals surface area contributed by atoms with Gasteiger partial charge in [-0.1, -0.05) is 12.1 Å². The molecule has 0 unspecified atom stereocenters. The number of hydrogen-bond acceptors (Lipinski definition) is 4. The van der Waals surface area contributed by atoms with Crippen LogP contribution in [0.4, 0.5) is 0 Å². The molecule has 100 valence electrons. The Hall–Kier alpha value is -2.82. The van der Waals surface area contributed by atoms with Crippen LogP contribution in [-0.4, -0.2) is 11.7 Å². The van der Waals surface area contributed by atoms with E-state index in [0.29, 0.717) is 16.8 Å². The molecule has 0 saturated heterocycles. The van der Waals surface area contributed by atoms with Gasteiger partial charge in [0.2, 0.25) is 0 Å². The Balaban J connectivity index is 2.30. The summed E-state index contributed by atoms with van der Waals surface area (Å²) in [6.07, 6.45) is 0. The number of benzene rings is 2. The van der Waals surface area contributed by atoms with E-state index in [9.17, 15) is 9.59 Å². The van der Waals surface area contributed by atoms with Crippen molar-refractivity contribution in [2.45, 2.75) is 0 Å². The second kappa shape index (κ2) is 4.70. The monoisotopic (exact) mass is 269 g/mol. The minimum atomic E-state index is -0.709. The molecule has 0 bridgehead atoms. The summed E-state index contributed by atoms with van der Waals surface area (Å²) >= 11 is 0. The topological polar surface area (TPSA) is 61.4 Å². The Labute approximate surface area is 113 Å². The quantitative estimate of drug-likeness (QED) is 0.713. The maximum Gasteiger partial charge on any atom is 0.426 e. The fourth-order valence-corrected chi connectivity index (χ4v) is 2.03. The molecule has 5 nitrogen and oxygen atoms in total. The number of rotatable bonds is 2. The first kappa shape index (κ1) is 12.2. The number of para-hydroxylation sites is 1.